The third-order valence-corrected chi connectivity index (χ3v) is 4.75. The lowest BCUT2D eigenvalue weighted by Gasteiger charge is -2.20. The first-order valence-corrected chi connectivity index (χ1v) is 9.23. The molecular formula is C21H23N5O. The second-order valence-electron chi connectivity index (χ2n) is 6.48. The van der Waals surface area contributed by atoms with Crippen molar-refractivity contribution in [3.8, 4) is 28.1 Å². The number of nitrogens with one attached hydrogen (secondary N) is 1. The maximum absolute atomic E-state index is 5.60. The molecule has 1 saturated heterocycles. The number of rotatable bonds is 4. The van der Waals surface area contributed by atoms with Gasteiger partial charge in [-0.25, -0.2) is 9.97 Å². The molecule has 0 unspecified atom stereocenters. The summed E-state index contributed by atoms with van der Waals surface area (Å²) in [6.07, 6.45) is 6.52. The van der Waals surface area contributed by atoms with E-state index in [1.807, 2.05) is 30.5 Å². The third kappa shape index (κ3) is 3.90. The Bertz CT molecular complexity index is 892. The summed E-state index contributed by atoms with van der Waals surface area (Å²) in [5, 5.41) is 3.41. The van der Waals surface area contributed by atoms with Crippen LogP contribution in [0.25, 0.3) is 22.4 Å². The molecule has 1 aliphatic heterocycles. The van der Waals surface area contributed by atoms with E-state index in [1.54, 1.807) is 19.5 Å². The van der Waals surface area contributed by atoms with Crippen molar-refractivity contribution in [2.75, 3.05) is 38.2 Å². The summed E-state index contributed by atoms with van der Waals surface area (Å²) in [4.78, 5) is 15.7. The summed E-state index contributed by atoms with van der Waals surface area (Å²) in [5.41, 5.74) is 4.04. The standard InChI is InChI=1S/C21H23N5O/c1-27-20-4-3-17(16-5-9-23-10-6-16)15-18(20)19-7-11-24-21(25-19)26-13-2-8-22-12-14-26/h3-7,9-11,15,22H,2,8,12-14H2,1H3. The van der Waals surface area contributed by atoms with Crippen LogP contribution in [-0.4, -0.2) is 48.2 Å². The van der Waals surface area contributed by atoms with Gasteiger partial charge in [-0.2, -0.15) is 0 Å². The third-order valence-electron chi connectivity index (χ3n) is 4.75. The van der Waals surface area contributed by atoms with E-state index in [1.165, 1.54) is 0 Å². The van der Waals surface area contributed by atoms with Crippen LogP contribution in [0.4, 0.5) is 5.95 Å². The molecule has 1 N–H and O–H groups in total. The molecule has 138 valence electrons. The maximum atomic E-state index is 5.60. The van der Waals surface area contributed by atoms with Crippen LogP contribution in [0, 0.1) is 0 Å². The average Bonchev–Trinajstić information content (AvgIpc) is 3.04. The largest absolute Gasteiger partial charge is 0.496 e. The van der Waals surface area contributed by atoms with E-state index in [0.29, 0.717) is 0 Å². The zero-order valence-electron chi connectivity index (χ0n) is 15.4. The Kier molecular flexibility index (Phi) is 5.25. The Hall–Kier alpha value is -2.99. The van der Waals surface area contributed by atoms with Gasteiger partial charge in [-0.15, -0.1) is 0 Å². The van der Waals surface area contributed by atoms with Crippen LogP contribution >= 0.6 is 0 Å². The first-order valence-electron chi connectivity index (χ1n) is 9.23. The van der Waals surface area contributed by atoms with Crippen molar-refractivity contribution in [2.45, 2.75) is 6.42 Å². The van der Waals surface area contributed by atoms with Crippen molar-refractivity contribution < 1.29 is 4.74 Å². The number of hydrogen-bond donors (Lipinski definition) is 1. The lowest BCUT2D eigenvalue weighted by molar-refractivity contribution is 0.416. The first-order chi connectivity index (χ1) is 13.3. The van der Waals surface area contributed by atoms with Gasteiger partial charge >= 0.3 is 0 Å². The summed E-state index contributed by atoms with van der Waals surface area (Å²) in [6.45, 7) is 3.87. The van der Waals surface area contributed by atoms with E-state index in [0.717, 1.165) is 66.7 Å². The summed E-state index contributed by atoms with van der Waals surface area (Å²) in [7, 11) is 1.69. The van der Waals surface area contributed by atoms with Gasteiger partial charge in [0.25, 0.3) is 0 Å². The number of pyridine rings is 1. The minimum Gasteiger partial charge on any atom is -0.496 e. The molecule has 6 heteroatoms. The van der Waals surface area contributed by atoms with Crippen molar-refractivity contribution in [3.05, 3.63) is 55.0 Å². The van der Waals surface area contributed by atoms with Crippen molar-refractivity contribution >= 4 is 5.95 Å². The Labute approximate surface area is 159 Å². The number of aromatic nitrogens is 3. The lowest BCUT2D eigenvalue weighted by atomic mass is 10.0. The Balaban J connectivity index is 1.72. The fourth-order valence-corrected chi connectivity index (χ4v) is 3.33. The van der Waals surface area contributed by atoms with Gasteiger partial charge in [0.15, 0.2) is 0 Å². The van der Waals surface area contributed by atoms with Crippen molar-refractivity contribution in [1.29, 1.82) is 0 Å². The molecule has 3 heterocycles. The van der Waals surface area contributed by atoms with Crippen LogP contribution in [0.5, 0.6) is 5.75 Å². The number of methoxy groups -OCH3 is 1. The lowest BCUT2D eigenvalue weighted by Crippen LogP contribution is -2.29. The maximum Gasteiger partial charge on any atom is 0.225 e. The molecule has 0 radical (unpaired) electrons. The summed E-state index contributed by atoms with van der Waals surface area (Å²) < 4.78 is 5.60. The fraction of sp³-hybridized carbons (Fsp3) is 0.286. The molecular weight excluding hydrogens is 338 g/mol. The fourth-order valence-electron chi connectivity index (χ4n) is 3.33. The highest BCUT2D eigenvalue weighted by atomic mass is 16.5. The molecule has 0 aliphatic carbocycles. The monoisotopic (exact) mass is 361 g/mol. The van der Waals surface area contributed by atoms with Gasteiger partial charge in [0.05, 0.1) is 12.8 Å². The minimum atomic E-state index is 0.771. The van der Waals surface area contributed by atoms with Gasteiger partial charge in [0.2, 0.25) is 5.95 Å². The molecule has 4 rings (SSSR count). The number of nitrogens with zero attached hydrogens (tertiary/aromatic N) is 4. The van der Waals surface area contributed by atoms with Crippen LogP contribution in [-0.2, 0) is 0 Å². The summed E-state index contributed by atoms with van der Waals surface area (Å²) >= 11 is 0. The van der Waals surface area contributed by atoms with Crippen molar-refractivity contribution in [3.63, 3.8) is 0 Å². The molecule has 0 amide bonds. The van der Waals surface area contributed by atoms with Crippen molar-refractivity contribution in [1.82, 2.24) is 20.3 Å². The van der Waals surface area contributed by atoms with E-state index in [4.69, 9.17) is 9.72 Å². The van der Waals surface area contributed by atoms with Gasteiger partial charge in [-0.1, -0.05) is 6.07 Å². The highest BCUT2D eigenvalue weighted by Crippen LogP contribution is 2.33. The van der Waals surface area contributed by atoms with Crippen LogP contribution in [0.2, 0.25) is 0 Å². The Morgan fingerprint density at radius 3 is 2.70 bits per heavy atom. The number of hydrogen-bond acceptors (Lipinski definition) is 6. The van der Waals surface area contributed by atoms with Gasteiger partial charge in [-0.05, 0) is 54.4 Å². The molecule has 1 aliphatic rings. The van der Waals surface area contributed by atoms with E-state index < -0.39 is 0 Å². The molecule has 0 bridgehead atoms. The molecule has 0 atom stereocenters. The Morgan fingerprint density at radius 1 is 0.963 bits per heavy atom. The second-order valence-corrected chi connectivity index (χ2v) is 6.48. The van der Waals surface area contributed by atoms with Crippen LogP contribution in [0.1, 0.15) is 6.42 Å². The number of anilines is 1. The smallest absolute Gasteiger partial charge is 0.225 e. The van der Waals surface area contributed by atoms with Gasteiger partial charge in [0.1, 0.15) is 5.75 Å². The molecule has 27 heavy (non-hydrogen) atoms. The highest BCUT2D eigenvalue weighted by molar-refractivity contribution is 5.76. The van der Waals surface area contributed by atoms with Crippen molar-refractivity contribution in [2.24, 2.45) is 0 Å². The number of benzene rings is 1. The predicted molar refractivity (Wildman–Crippen MR) is 107 cm³/mol. The van der Waals surface area contributed by atoms with Gasteiger partial charge in [0, 0.05) is 43.8 Å². The van der Waals surface area contributed by atoms with Crippen LogP contribution < -0.4 is 15.0 Å². The van der Waals surface area contributed by atoms with Crippen LogP contribution in [0.3, 0.4) is 0 Å². The summed E-state index contributed by atoms with van der Waals surface area (Å²) in [5.74, 6) is 1.57. The predicted octanol–water partition coefficient (Wildman–Crippen LogP) is 3.01. The SMILES string of the molecule is COc1ccc(-c2ccncc2)cc1-c1ccnc(N2CCCNCC2)n1. The molecule has 1 fully saturated rings. The summed E-state index contributed by atoms with van der Waals surface area (Å²) in [6, 6.07) is 12.1. The van der Waals surface area contributed by atoms with E-state index in [9.17, 15) is 0 Å². The second kappa shape index (κ2) is 8.14. The normalized spacial score (nSPS) is 14.6. The molecule has 0 spiro atoms. The van der Waals surface area contributed by atoms with Gasteiger partial charge < -0.3 is 15.0 Å². The average molecular weight is 361 g/mol. The Morgan fingerprint density at radius 2 is 1.85 bits per heavy atom. The van der Waals surface area contributed by atoms with E-state index in [2.05, 4.69) is 32.3 Å². The quantitative estimate of drug-likeness (QED) is 0.771. The molecule has 6 nitrogen and oxygen atoms in total. The van der Waals surface area contributed by atoms with Crippen LogP contribution in [0.15, 0.2) is 55.0 Å². The zero-order chi connectivity index (χ0) is 18.5. The molecule has 3 aromatic rings. The minimum absolute atomic E-state index is 0.771. The zero-order valence-corrected chi connectivity index (χ0v) is 15.4. The van der Waals surface area contributed by atoms with Gasteiger partial charge in [-0.3, -0.25) is 4.98 Å². The molecule has 1 aromatic carbocycles. The molecule has 0 saturated carbocycles. The highest BCUT2D eigenvalue weighted by Gasteiger charge is 2.15. The first kappa shape index (κ1) is 17.4. The van der Waals surface area contributed by atoms with E-state index >= 15 is 0 Å². The number of ether oxygens (including phenoxy) is 1. The molecule has 2 aromatic heterocycles. The topological polar surface area (TPSA) is 63.2 Å². The van der Waals surface area contributed by atoms with E-state index in [-0.39, 0.29) is 0 Å².